The minimum absolute atomic E-state index is 0.0888. The first-order chi connectivity index (χ1) is 9.88. The van der Waals surface area contributed by atoms with Gasteiger partial charge < -0.3 is 15.4 Å². The van der Waals surface area contributed by atoms with E-state index in [1.807, 2.05) is 33.8 Å². The van der Waals surface area contributed by atoms with E-state index in [9.17, 15) is 9.59 Å². The van der Waals surface area contributed by atoms with Gasteiger partial charge in [-0.05, 0) is 51.0 Å². The Hall–Kier alpha value is -2.04. The molecule has 0 spiro atoms. The molecule has 0 aliphatic heterocycles. The number of carbonyl (C=O) groups is 2. The topological polar surface area (TPSA) is 67.4 Å². The van der Waals surface area contributed by atoms with Crippen LogP contribution in [0.25, 0.3) is 0 Å². The Balaban J connectivity index is 2.87. The maximum absolute atomic E-state index is 12.0. The van der Waals surface area contributed by atoms with Gasteiger partial charge in [0.2, 0.25) is 0 Å². The van der Waals surface area contributed by atoms with Crippen molar-refractivity contribution in [1.29, 1.82) is 0 Å². The van der Waals surface area contributed by atoms with Crippen LogP contribution in [-0.4, -0.2) is 31.1 Å². The van der Waals surface area contributed by atoms with Gasteiger partial charge in [0.1, 0.15) is 6.04 Å². The molecule has 0 aliphatic carbocycles. The molecule has 0 saturated heterocycles. The van der Waals surface area contributed by atoms with Crippen LogP contribution >= 0.6 is 0 Å². The Labute approximate surface area is 126 Å². The number of methoxy groups -OCH3 is 1. The minimum Gasteiger partial charge on any atom is -0.467 e. The number of nitrogens with one attached hydrogen (secondary N) is 2. The molecule has 116 valence electrons. The Morgan fingerprint density at radius 3 is 2.43 bits per heavy atom. The van der Waals surface area contributed by atoms with Gasteiger partial charge >= 0.3 is 5.97 Å². The van der Waals surface area contributed by atoms with Crippen molar-refractivity contribution in [3.63, 3.8) is 0 Å². The van der Waals surface area contributed by atoms with Gasteiger partial charge in [-0.1, -0.05) is 6.92 Å². The van der Waals surface area contributed by atoms with Crippen molar-refractivity contribution in [2.24, 2.45) is 0 Å². The van der Waals surface area contributed by atoms with Crippen LogP contribution in [0.1, 0.15) is 43.1 Å². The highest BCUT2D eigenvalue weighted by Gasteiger charge is 2.17. The first-order valence-electron chi connectivity index (χ1n) is 7.14. The predicted octanol–water partition coefficient (Wildman–Crippen LogP) is 2.50. The maximum Gasteiger partial charge on any atom is 0.328 e. The fourth-order valence-corrected chi connectivity index (χ4v) is 2.02. The van der Waals surface area contributed by atoms with Gasteiger partial charge in [0.05, 0.1) is 7.11 Å². The average Bonchev–Trinajstić information content (AvgIpc) is 2.43. The van der Waals surface area contributed by atoms with E-state index >= 15 is 0 Å². The van der Waals surface area contributed by atoms with Crippen molar-refractivity contribution < 1.29 is 14.3 Å². The summed E-state index contributed by atoms with van der Waals surface area (Å²) in [4.78, 5) is 23.6. The van der Waals surface area contributed by atoms with Crippen LogP contribution in [0, 0.1) is 6.92 Å². The van der Waals surface area contributed by atoms with Crippen molar-refractivity contribution in [2.45, 2.75) is 46.2 Å². The summed E-state index contributed by atoms with van der Waals surface area (Å²) >= 11 is 0. The summed E-state index contributed by atoms with van der Waals surface area (Å²) in [5.74, 6) is -0.383. The molecule has 5 nitrogen and oxygen atoms in total. The van der Waals surface area contributed by atoms with Gasteiger partial charge in [-0.3, -0.25) is 4.79 Å². The monoisotopic (exact) mass is 292 g/mol. The number of ether oxygens (including phenoxy) is 1. The van der Waals surface area contributed by atoms with Gasteiger partial charge in [0.25, 0.3) is 5.91 Å². The highest BCUT2D eigenvalue weighted by atomic mass is 16.5. The van der Waals surface area contributed by atoms with Crippen molar-refractivity contribution in [3.8, 4) is 0 Å². The molecule has 0 bridgehead atoms. The third-order valence-corrected chi connectivity index (χ3v) is 3.13. The summed E-state index contributed by atoms with van der Waals surface area (Å²) in [5, 5.41) is 5.99. The average molecular weight is 292 g/mol. The molecule has 0 aromatic heterocycles. The number of aryl methyl sites for hydroxylation is 1. The number of hydrogen-bond donors (Lipinski definition) is 2. The first kappa shape index (κ1) is 17.0. The van der Waals surface area contributed by atoms with Crippen LogP contribution in [0.2, 0.25) is 0 Å². The SMILES string of the molecule is CCC(Nc1ccc(C(=O)NC(C)C)c(C)c1)C(=O)OC. The Kier molecular flexibility index (Phi) is 6.21. The molecule has 1 atom stereocenters. The van der Waals surface area contributed by atoms with Crippen molar-refractivity contribution in [1.82, 2.24) is 5.32 Å². The summed E-state index contributed by atoms with van der Waals surface area (Å²) in [6.07, 6.45) is 0.626. The quantitative estimate of drug-likeness (QED) is 0.791. The van der Waals surface area contributed by atoms with Crippen LogP contribution < -0.4 is 10.6 Å². The van der Waals surface area contributed by atoms with E-state index in [0.717, 1.165) is 11.3 Å². The zero-order chi connectivity index (χ0) is 16.0. The highest BCUT2D eigenvalue weighted by Crippen LogP contribution is 2.17. The lowest BCUT2D eigenvalue weighted by atomic mass is 10.1. The van der Waals surface area contributed by atoms with E-state index in [0.29, 0.717) is 12.0 Å². The molecular weight excluding hydrogens is 268 g/mol. The molecule has 0 saturated carbocycles. The van der Waals surface area contributed by atoms with Gasteiger partial charge in [-0.25, -0.2) is 4.79 Å². The van der Waals surface area contributed by atoms with E-state index in [-0.39, 0.29) is 24.0 Å². The van der Waals surface area contributed by atoms with E-state index in [4.69, 9.17) is 4.74 Å². The second-order valence-corrected chi connectivity index (χ2v) is 5.29. The Bertz CT molecular complexity index is 512. The third-order valence-electron chi connectivity index (χ3n) is 3.13. The largest absolute Gasteiger partial charge is 0.467 e. The normalized spacial score (nSPS) is 11.9. The summed E-state index contributed by atoms with van der Waals surface area (Å²) in [5.41, 5.74) is 2.30. The number of anilines is 1. The van der Waals surface area contributed by atoms with Crippen LogP contribution in [0.4, 0.5) is 5.69 Å². The van der Waals surface area contributed by atoms with E-state index < -0.39 is 0 Å². The number of benzene rings is 1. The van der Waals surface area contributed by atoms with Gasteiger partial charge in [-0.15, -0.1) is 0 Å². The summed E-state index contributed by atoms with van der Waals surface area (Å²) < 4.78 is 4.75. The molecule has 0 aliphatic rings. The van der Waals surface area contributed by atoms with Crippen LogP contribution in [0.15, 0.2) is 18.2 Å². The molecule has 0 radical (unpaired) electrons. The lowest BCUT2D eigenvalue weighted by Crippen LogP contribution is -2.31. The van der Waals surface area contributed by atoms with Crippen LogP contribution in [0.5, 0.6) is 0 Å². The standard InChI is InChI=1S/C16H24N2O3/c1-6-14(16(20)21-5)18-12-7-8-13(11(4)9-12)15(19)17-10(2)3/h7-10,14,18H,6H2,1-5H3,(H,17,19). The molecule has 2 N–H and O–H groups in total. The first-order valence-corrected chi connectivity index (χ1v) is 7.14. The van der Waals surface area contributed by atoms with E-state index in [1.54, 1.807) is 12.1 Å². The Morgan fingerprint density at radius 1 is 1.29 bits per heavy atom. The number of esters is 1. The number of hydrogen-bond acceptors (Lipinski definition) is 4. The van der Waals surface area contributed by atoms with Crippen molar-refractivity contribution >= 4 is 17.6 Å². The van der Waals surface area contributed by atoms with Crippen LogP contribution in [0.3, 0.4) is 0 Å². The molecule has 0 heterocycles. The second-order valence-electron chi connectivity index (χ2n) is 5.29. The zero-order valence-corrected chi connectivity index (χ0v) is 13.3. The molecule has 21 heavy (non-hydrogen) atoms. The second kappa shape index (κ2) is 7.67. The molecule has 1 rings (SSSR count). The third kappa shape index (κ3) is 4.77. The molecule has 1 unspecified atom stereocenters. The fourth-order valence-electron chi connectivity index (χ4n) is 2.02. The van der Waals surface area contributed by atoms with Gasteiger partial charge in [-0.2, -0.15) is 0 Å². The smallest absolute Gasteiger partial charge is 0.328 e. The number of amides is 1. The zero-order valence-electron chi connectivity index (χ0n) is 13.3. The van der Waals surface area contributed by atoms with Crippen molar-refractivity contribution in [2.75, 3.05) is 12.4 Å². The molecular formula is C16H24N2O3. The molecule has 1 aromatic rings. The van der Waals surface area contributed by atoms with Gasteiger partial charge in [0, 0.05) is 17.3 Å². The van der Waals surface area contributed by atoms with Crippen LogP contribution in [-0.2, 0) is 9.53 Å². The molecule has 1 amide bonds. The molecule has 0 fully saturated rings. The summed E-state index contributed by atoms with van der Waals surface area (Å²) in [7, 11) is 1.37. The van der Waals surface area contributed by atoms with E-state index in [2.05, 4.69) is 10.6 Å². The molecule has 1 aromatic carbocycles. The number of carbonyl (C=O) groups excluding carboxylic acids is 2. The summed E-state index contributed by atoms with van der Waals surface area (Å²) in [6.45, 7) is 7.63. The maximum atomic E-state index is 12.0. The number of rotatable bonds is 6. The predicted molar refractivity (Wildman–Crippen MR) is 83.5 cm³/mol. The Morgan fingerprint density at radius 2 is 1.95 bits per heavy atom. The minimum atomic E-state index is -0.384. The van der Waals surface area contributed by atoms with Crippen molar-refractivity contribution in [3.05, 3.63) is 29.3 Å². The van der Waals surface area contributed by atoms with Gasteiger partial charge in [0.15, 0.2) is 0 Å². The lowest BCUT2D eigenvalue weighted by Gasteiger charge is -2.17. The van der Waals surface area contributed by atoms with E-state index in [1.165, 1.54) is 7.11 Å². The highest BCUT2D eigenvalue weighted by molar-refractivity contribution is 5.96. The lowest BCUT2D eigenvalue weighted by molar-refractivity contribution is -0.141. The molecule has 5 heteroatoms. The summed E-state index contributed by atoms with van der Waals surface area (Å²) in [6, 6.07) is 5.14. The fraction of sp³-hybridized carbons (Fsp3) is 0.500.